The zero-order chi connectivity index (χ0) is 14.8. The Kier molecular flexibility index (Phi) is 4.15. The molecule has 0 bridgehead atoms. The Bertz CT molecular complexity index is 528. The molecule has 1 fully saturated rings. The molecule has 0 saturated carbocycles. The molecule has 108 valence electrons. The standard InChI is InChI=1S/C14H18N2O4/c1-14(2)10-15(6-7-20-14)9-13(17)11-4-3-5-12(8-11)16(18)19/h3-5,8H,6-7,9-10H2,1-2H3. The first-order chi connectivity index (χ1) is 9.37. The van der Waals surface area contributed by atoms with Gasteiger partial charge in [0.1, 0.15) is 0 Å². The molecule has 0 N–H and O–H groups in total. The molecular weight excluding hydrogens is 260 g/mol. The number of nitro groups is 1. The Labute approximate surface area is 117 Å². The summed E-state index contributed by atoms with van der Waals surface area (Å²) in [6.07, 6.45) is 0. The van der Waals surface area contributed by atoms with Gasteiger partial charge in [0.25, 0.3) is 5.69 Å². The van der Waals surface area contributed by atoms with Crippen molar-refractivity contribution in [2.45, 2.75) is 19.4 Å². The predicted octanol–water partition coefficient (Wildman–Crippen LogP) is 1.89. The Morgan fingerprint density at radius 3 is 2.90 bits per heavy atom. The third-order valence-electron chi connectivity index (χ3n) is 3.25. The van der Waals surface area contributed by atoms with E-state index in [9.17, 15) is 14.9 Å². The van der Waals surface area contributed by atoms with Gasteiger partial charge in [-0.1, -0.05) is 12.1 Å². The summed E-state index contributed by atoms with van der Waals surface area (Å²) in [5, 5.41) is 10.7. The van der Waals surface area contributed by atoms with Crippen molar-refractivity contribution in [2.75, 3.05) is 26.2 Å². The first kappa shape index (κ1) is 14.6. The van der Waals surface area contributed by atoms with Crippen LogP contribution in [0.1, 0.15) is 24.2 Å². The summed E-state index contributed by atoms with van der Waals surface area (Å²) in [6.45, 7) is 6.19. The van der Waals surface area contributed by atoms with E-state index in [-0.39, 0.29) is 23.6 Å². The van der Waals surface area contributed by atoms with Crippen molar-refractivity contribution >= 4 is 11.5 Å². The van der Waals surface area contributed by atoms with E-state index in [2.05, 4.69) is 0 Å². The van der Waals surface area contributed by atoms with Gasteiger partial charge in [-0.2, -0.15) is 0 Å². The van der Waals surface area contributed by atoms with Gasteiger partial charge in [0.05, 0.1) is 23.7 Å². The molecule has 1 aromatic rings. The normalized spacial score (nSPS) is 18.7. The molecule has 6 nitrogen and oxygen atoms in total. The number of non-ortho nitro benzene ring substituents is 1. The van der Waals surface area contributed by atoms with E-state index in [1.54, 1.807) is 6.07 Å². The van der Waals surface area contributed by atoms with Gasteiger partial charge in [0.2, 0.25) is 0 Å². The maximum absolute atomic E-state index is 12.2. The second kappa shape index (κ2) is 5.68. The van der Waals surface area contributed by atoms with Gasteiger partial charge in [-0.25, -0.2) is 0 Å². The van der Waals surface area contributed by atoms with Crippen LogP contribution < -0.4 is 0 Å². The number of nitro benzene ring substituents is 1. The maximum atomic E-state index is 12.2. The number of benzene rings is 1. The average Bonchev–Trinajstić information content (AvgIpc) is 2.37. The molecule has 0 atom stereocenters. The Morgan fingerprint density at radius 2 is 2.25 bits per heavy atom. The summed E-state index contributed by atoms with van der Waals surface area (Å²) < 4.78 is 5.59. The smallest absolute Gasteiger partial charge is 0.270 e. The molecular formula is C14H18N2O4. The fraction of sp³-hybridized carbons (Fsp3) is 0.500. The summed E-state index contributed by atoms with van der Waals surface area (Å²) in [5.41, 5.74) is 0.0583. The zero-order valence-electron chi connectivity index (χ0n) is 11.7. The van der Waals surface area contributed by atoms with Gasteiger partial charge in [0.15, 0.2) is 5.78 Å². The Hall–Kier alpha value is -1.79. The molecule has 2 rings (SSSR count). The average molecular weight is 278 g/mol. The summed E-state index contributed by atoms with van der Waals surface area (Å²) in [5.74, 6) is -0.105. The molecule has 0 spiro atoms. The molecule has 20 heavy (non-hydrogen) atoms. The van der Waals surface area contributed by atoms with Crippen LogP contribution in [0.5, 0.6) is 0 Å². The molecule has 0 aromatic heterocycles. The highest BCUT2D eigenvalue weighted by molar-refractivity contribution is 5.98. The van der Waals surface area contributed by atoms with Crippen molar-refractivity contribution in [1.82, 2.24) is 4.90 Å². The number of rotatable bonds is 4. The van der Waals surface area contributed by atoms with Crippen molar-refractivity contribution in [1.29, 1.82) is 0 Å². The van der Waals surface area contributed by atoms with Gasteiger partial charge in [0, 0.05) is 30.8 Å². The van der Waals surface area contributed by atoms with Crippen LogP contribution >= 0.6 is 0 Å². The van der Waals surface area contributed by atoms with Gasteiger partial charge >= 0.3 is 0 Å². The highest BCUT2D eigenvalue weighted by Crippen LogP contribution is 2.18. The van der Waals surface area contributed by atoms with E-state index < -0.39 is 4.92 Å². The molecule has 1 saturated heterocycles. The minimum atomic E-state index is -0.491. The fourth-order valence-electron chi connectivity index (χ4n) is 2.34. The van der Waals surface area contributed by atoms with Gasteiger partial charge < -0.3 is 4.74 Å². The number of carbonyl (C=O) groups is 1. The summed E-state index contributed by atoms with van der Waals surface area (Å²) in [7, 11) is 0. The van der Waals surface area contributed by atoms with Crippen molar-refractivity contribution in [3.63, 3.8) is 0 Å². The van der Waals surface area contributed by atoms with Crippen LogP contribution in [0.3, 0.4) is 0 Å². The quantitative estimate of drug-likeness (QED) is 0.477. The summed E-state index contributed by atoms with van der Waals surface area (Å²) in [6, 6.07) is 5.86. The second-order valence-corrected chi connectivity index (χ2v) is 5.55. The van der Waals surface area contributed by atoms with Crippen LogP contribution in [0.4, 0.5) is 5.69 Å². The van der Waals surface area contributed by atoms with Crippen LogP contribution in [-0.2, 0) is 4.74 Å². The molecule has 0 unspecified atom stereocenters. The number of hydrogen-bond donors (Lipinski definition) is 0. The molecule has 0 aliphatic carbocycles. The van der Waals surface area contributed by atoms with Crippen molar-refractivity contribution < 1.29 is 14.5 Å². The van der Waals surface area contributed by atoms with Gasteiger partial charge in [-0.15, -0.1) is 0 Å². The number of ether oxygens (including phenoxy) is 1. The number of Topliss-reactive ketones (excluding diaryl/α,β-unsaturated/α-hetero) is 1. The van der Waals surface area contributed by atoms with Gasteiger partial charge in [-0.05, 0) is 13.8 Å². The lowest BCUT2D eigenvalue weighted by Crippen LogP contribution is -2.49. The van der Waals surface area contributed by atoms with Crippen molar-refractivity contribution in [3.05, 3.63) is 39.9 Å². The van der Waals surface area contributed by atoms with Crippen LogP contribution in [0.25, 0.3) is 0 Å². The number of morpholine rings is 1. The van der Waals surface area contributed by atoms with Crippen molar-refractivity contribution in [2.24, 2.45) is 0 Å². The number of nitrogens with zero attached hydrogens (tertiary/aromatic N) is 2. The lowest BCUT2D eigenvalue weighted by molar-refractivity contribution is -0.384. The lowest BCUT2D eigenvalue weighted by atomic mass is 10.1. The Morgan fingerprint density at radius 1 is 1.50 bits per heavy atom. The number of carbonyl (C=O) groups excluding carboxylic acids is 1. The molecule has 0 radical (unpaired) electrons. The lowest BCUT2D eigenvalue weighted by Gasteiger charge is -2.37. The van der Waals surface area contributed by atoms with Gasteiger partial charge in [-0.3, -0.25) is 19.8 Å². The fourth-order valence-corrected chi connectivity index (χ4v) is 2.34. The minimum absolute atomic E-state index is 0.0573. The first-order valence-electron chi connectivity index (χ1n) is 6.51. The maximum Gasteiger partial charge on any atom is 0.270 e. The topological polar surface area (TPSA) is 72.7 Å². The zero-order valence-corrected chi connectivity index (χ0v) is 11.7. The predicted molar refractivity (Wildman–Crippen MR) is 73.9 cm³/mol. The molecule has 1 heterocycles. The molecule has 1 aliphatic heterocycles. The van der Waals surface area contributed by atoms with Crippen molar-refractivity contribution in [3.8, 4) is 0 Å². The second-order valence-electron chi connectivity index (χ2n) is 5.55. The first-order valence-corrected chi connectivity index (χ1v) is 6.51. The van der Waals surface area contributed by atoms with E-state index in [1.165, 1.54) is 18.2 Å². The summed E-state index contributed by atoms with van der Waals surface area (Å²) in [4.78, 5) is 24.4. The molecule has 1 aromatic carbocycles. The minimum Gasteiger partial charge on any atom is -0.373 e. The Balaban J connectivity index is 2.05. The van der Waals surface area contributed by atoms with Crippen LogP contribution in [-0.4, -0.2) is 47.4 Å². The van der Waals surface area contributed by atoms with E-state index in [0.29, 0.717) is 25.3 Å². The third-order valence-corrected chi connectivity index (χ3v) is 3.25. The SMILES string of the molecule is CC1(C)CN(CC(=O)c2cccc([N+](=O)[O-])c2)CCO1. The van der Waals surface area contributed by atoms with E-state index in [1.807, 2.05) is 18.7 Å². The highest BCUT2D eigenvalue weighted by atomic mass is 16.6. The van der Waals surface area contributed by atoms with E-state index in [0.717, 1.165) is 0 Å². The third kappa shape index (κ3) is 3.61. The molecule has 1 aliphatic rings. The van der Waals surface area contributed by atoms with Crippen LogP contribution in [0.2, 0.25) is 0 Å². The number of hydrogen-bond acceptors (Lipinski definition) is 5. The number of ketones is 1. The largest absolute Gasteiger partial charge is 0.373 e. The van der Waals surface area contributed by atoms with E-state index in [4.69, 9.17) is 4.74 Å². The monoisotopic (exact) mass is 278 g/mol. The van der Waals surface area contributed by atoms with E-state index >= 15 is 0 Å². The highest BCUT2D eigenvalue weighted by Gasteiger charge is 2.28. The summed E-state index contributed by atoms with van der Waals surface area (Å²) >= 11 is 0. The van der Waals surface area contributed by atoms with Crippen LogP contribution in [0, 0.1) is 10.1 Å². The molecule has 6 heteroatoms. The molecule has 0 amide bonds. The van der Waals surface area contributed by atoms with Crippen LogP contribution in [0.15, 0.2) is 24.3 Å².